The molecule has 23 heavy (non-hydrogen) atoms. The molecule has 0 bridgehead atoms. The highest BCUT2D eigenvalue weighted by molar-refractivity contribution is 7.89. The number of rotatable bonds is 3. The molecule has 1 aliphatic heterocycles. The molecule has 0 spiro atoms. The van der Waals surface area contributed by atoms with Crippen LogP contribution in [0.3, 0.4) is 0 Å². The molecule has 0 saturated carbocycles. The van der Waals surface area contributed by atoms with Crippen molar-refractivity contribution in [2.75, 3.05) is 6.54 Å². The molecule has 122 valence electrons. The normalized spacial score (nSPS) is 19.1. The zero-order chi connectivity index (χ0) is 16.6. The maximum absolute atomic E-state index is 12.9. The van der Waals surface area contributed by atoms with Crippen LogP contribution in [0.15, 0.2) is 46.2 Å². The minimum Gasteiger partial charge on any atom is -0.329 e. The van der Waals surface area contributed by atoms with Gasteiger partial charge in [-0.1, -0.05) is 17.7 Å². The Kier molecular flexibility index (Phi) is 4.12. The summed E-state index contributed by atoms with van der Waals surface area (Å²) in [5.74, 6) is 0. The Morgan fingerprint density at radius 1 is 1.17 bits per heavy atom. The number of hydrogen-bond acceptors (Lipinski definition) is 3. The summed E-state index contributed by atoms with van der Waals surface area (Å²) < 4.78 is 27.4. The summed E-state index contributed by atoms with van der Waals surface area (Å²) in [6.07, 6.45) is 3.20. The van der Waals surface area contributed by atoms with Crippen LogP contribution in [-0.4, -0.2) is 24.3 Å². The van der Waals surface area contributed by atoms with Crippen LogP contribution in [0.25, 0.3) is 0 Å². The second-order valence-corrected chi connectivity index (χ2v) is 7.92. The lowest BCUT2D eigenvalue weighted by atomic mass is 10.1. The van der Waals surface area contributed by atoms with Gasteiger partial charge in [-0.3, -0.25) is 4.79 Å². The second kappa shape index (κ2) is 5.94. The molecule has 0 aliphatic carbocycles. The highest BCUT2D eigenvalue weighted by Crippen LogP contribution is 2.36. The summed E-state index contributed by atoms with van der Waals surface area (Å²) in [5.41, 5.74) is 2.33. The van der Waals surface area contributed by atoms with Crippen molar-refractivity contribution in [2.24, 2.45) is 0 Å². The molecule has 1 N–H and O–H groups in total. The van der Waals surface area contributed by atoms with E-state index in [0.29, 0.717) is 17.0 Å². The lowest BCUT2D eigenvalue weighted by molar-refractivity contribution is 0.396. The Hall–Kier alpha value is -1.92. The fourth-order valence-electron chi connectivity index (χ4n) is 3.02. The second-order valence-electron chi connectivity index (χ2n) is 6.03. The number of sulfonamides is 1. The number of aromatic amines is 1. The van der Waals surface area contributed by atoms with Gasteiger partial charge in [-0.05, 0) is 50.5 Å². The van der Waals surface area contributed by atoms with Gasteiger partial charge in [-0.2, -0.15) is 4.31 Å². The molecule has 0 amide bonds. The molecule has 1 atom stereocenters. The van der Waals surface area contributed by atoms with Gasteiger partial charge in [0.25, 0.3) is 5.56 Å². The molecule has 1 fully saturated rings. The monoisotopic (exact) mass is 332 g/mol. The molecule has 2 heterocycles. The van der Waals surface area contributed by atoms with Crippen LogP contribution in [0.2, 0.25) is 0 Å². The fourth-order valence-corrected chi connectivity index (χ4v) is 4.70. The topological polar surface area (TPSA) is 70.2 Å². The first-order valence-corrected chi connectivity index (χ1v) is 9.11. The molecular weight excluding hydrogens is 312 g/mol. The standard InChI is InChI=1S/C17H20N2O3S/c1-12-5-7-15(8-6-12)23(21,22)19-9-3-4-16(19)14-10-13(2)17(20)18-11-14/h5-8,10-11,16H,3-4,9H2,1-2H3,(H,18,20)/t16-/m0/s1. The first-order chi connectivity index (χ1) is 10.9. The van der Waals surface area contributed by atoms with Crippen molar-refractivity contribution in [1.82, 2.24) is 9.29 Å². The first-order valence-electron chi connectivity index (χ1n) is 7.67. The molecule has 5 nitrogen and oxygen atoms in total. The smallest absolute Gasteiger partial charge is 0.250 e. The van der Waals surface area contributed by atoms with E-state index in [-0.39, 0.29) is 11.6 Å². The van der Waals surface area contributed by atoms with Gasteiger partial charge in [0.15, 0.2) is 0 Å². The molecule has 6 heteroatoms. The minimum atomic E-state index is -3.53. The maximum atomic E-state index is 12.9. The molecule has 2 aromatic rings. The summed E-state index contributed by atoms with van der Waals surface area (Å²) in [6, 6.07) is 8.48. The lowest BCUT2D eigenvalue weighted by Gasteiger charge is -2.24. The third-order valence-corrected chi connectivity index (χ3v) is 6.25. The van der Waals surface area contributed by atoms with Crippen LogP contribution in [0.5, 0.6) is 0 Å². The van der Waals surface area contributed by atoms with Crippen LogP contribution in [0.4, 0.5) is 0 Å². The van der Waals surface area contributed by atoms with Crippen molar-refractivity contribution >= 4 is 10.0 Å². The van der Waals surface area contributed by atoms with Crippen LogP contribution in [-0.2, 0) is 10.0 Å². The summed E-state index contributed by atoms with van der Waals surface area (Å²) in [4.78, 5) is 14.5. The summed E-state index contributed by atoms with van der Waals surface area (Å²) in [6.45, 7) is 4.16. The Morgan fingerprint density at radius 3 is 2.52 bits per heavy atom. The number of H-pyrrole nitrogens is 1. The predicted molar refractivity (Wildman–Crippen MR) is 88.8 cm³/mol. The Morgan fingerprint density at radius 2 is 1.87 bits per heavy atom. The molecule has 3 rings (SSSR count). The minimum absolute atomic E-state index is 0.139. The number of hydrogen-bond donors (Lipinski definition) is 1. The SMILES string of the molecule is Cc1ccc(S(=O)(=O)N2CCC[C@H]2c2c[nH]c(=O)c(C)c2)cc1. The highest BCUT2D eigenvalue weighted by atomic mass is 32.2. The number of nitrogens with one attached hydrogen (secondary N) is 1. The first kappa shape index (κ1) is 16.0. The highest BCUT2D eigenvalue weighted by Gasteiger charge is 2.36. The van der Waals surface area contributed by atoms with Crippen molar-refractivity contribution in [2.45, 2.75) is 37.6 Å². The zero-order valence-corrected chi connectivity index (χ0v) is 14.1. The molecule has 1 aromatic heterocycles. The van der Waals surface area contributed by atoms with E-state index in [9.17, 15) is 13.2 Å². The van der Waals surface area contributed by atoms with Gasteiger partial charge in [0, 0.05) is 18.3 Å². The number of aryl methyl sites for hydroxylation is 2. The third kappa shape index (κ3) is 2.96. The molecule has 1 saturated heterocycles. The summed E-state index contributed by atoms with van der Waals surface area (Å²) >= 11 is 0. The van der Waals surface area contributed by atoms with Gasteiger partial charge < -0.3 is 4.98 Å². The van der Waals surface area contributed by atoms with Gasteiger partial charge in [-0.25, -0.2) is 8.42 Å². The van der Waals surface area contributed by atoms with Crippen molar-refractivity contribution in [1.29, 1.82) is 0 Å². The van der Waals surface area contributed by atoms with E-state index in [4.69, 9.17) is 0 Å². The van der Waals surface area contributed by atoms with E-state index in [1.54, 1.807) is 35.6 Å². The van der Waals surface area contributed by atoms with Crippen molar-refractivity contribution in [3.63, 3.8) is 0 Å². The van der Waals surface area contributed by atoms with Crippen LogP contribution in [0.1, 0.15) is 35.6 Å². The van der Waals surface area contributed by atoms with Crippen LogP contribution in [0, 0.1) is 13.8 Å². The summed E-state index contributed by atoms with van der Waals surface area (Å²) in [5, 5.41) is 0. The van der Waals surface area contributed by atoms with E-state index in [1.807, 2.05) is 19.1 Å². The third-order valence-electron chi connectivity index (χ3n) is 4.33. The van der Waals surface area contributed by atoms with E-state index >= 15 is 0 Å². The molecule has 1 aromatic carbocycles. The molecule has 0 radical (unpaired) electrons. The van der Waals surface area contributed by atoms with E-state index in [2.05, 4.69) is 4.98 Å². The van der Waals surface area contributed by atoms with Gasteiger partial charge in [-0.15, -0.1) is 0 Å². The Bertz CT molecular complexity index is 869. The average Bonchev–Trinajstić information content (AvgIpc) is 3.01. The van der Waals surface area contributed by atoms with E-state index in [1.165, 1.54) is 0 Å². The van der Waals surface area contributed by atoms with Gasteiger partial charge >= 0.3 is 0 Å². The zero-order valence-electron chi connectivity index (χ0n) is 13.2. The average molecular weight is 332 g/mol. The molecule has 1 aliphatic rings. The van der Waals surface area contributed by atoms with E-state index < -0.39 is 10.0 Å². The van der Waals surface area contributed by atoms with Crippen molar-refractivity contribution in [3.05, 3.63) is 63.6 Å². The fraction of sp³-hybridized carbons (Fsp3) is 0.353. The quantitative estimate of drug-likeness (QED) is 0.939. The number of pyridine rings is 1. The van der Waals surface area contributed by atoms with Crippen LogP contribution >= 0.6 is 0 Å². The lowest BCUT2D eigenvalue weighted by Crippen LogP contribution is -2.31. The van der Waals surface area contributed by atoms with Crippen LogP contribution < -0.4 is 5.56 Å². The van der Waals surface area contributed by atoms with Gasteiger partial charge in [0.1, 0.15) is 0 Å². The Labute approximate surface area is 136 Å². The largest absolute Gasteiger partial charge is 0.329 e. The number of benzene rings is 1. The van der Waals surface area contributed by atoms with E-state index in [0.717, 1.165) is 24.0 Å². The number of aromatic nitrogens is 1. The molecule has 0 unspecified atom stereocenters. The molecular formula is C17H20N2O3S. The van der Waals surface area contributed by atoms with Gasteiger partial charge in [0.05, 0.1) is 10.9 Å². The maximum Gasteiger partial charge on any atom is 0.250 e. The predicted octanol–water partition coefficient (Wildman–Crippen LogP) is 2.52. The Balaban J connectivity index is 1.99. The van der Waals surface area contributed by atoms with Gasteiger partial charge in [0.2, 0.25) is 10.0 Å². The number of nitrogens with zero attached hydrogens (tertiary/aromatic N) is 1. The van der Waals surface area contributed by atoms with Crippen molar-refractivity contribution in [3.8, 4) is 0 Å². The summed E-state index contributed by atoms with van der Waals surface area (Å²) in [7, 11) is -3.53. The van der Waals surface area contributed by atoms with Crippen molar-refractivity contribution < 1.29 is 8.42 Å².